The molecule has 1 N–H and O–H groups in total. The molecule has 0 aliphatic heterocycles. The third-order valence-corrected chi connectivity index (χ3v) is 4.46. The maximum Gasteiger partial charge on any atom is 0.311 e. The van der Waals surface area contributed by atoms with Gasteiger partial charge in [-0.2, -0.15) is 4.80 Å². The fraction of sp³-hybridized carbons (Fsp3) is 0.636. The Morgan fingerprint density at radius 3 is 2.00 bits per heavy atom. The third-order valence-electron chi connectivity index (χ3n) is 4.46. The fourth-order valence-electron chi connectivity index (χ4n) is 2.85. The number of carboxylic acids is 1. The maximum atomic E-state index is 10.5. The van der Waals surface area contributed by atoms with Crippen LogP contribution in [0.5, 0.6) is 0 Å². The number of benzene rings is 1. The lowest BCUT2D eigenvalue weighted by molar-refractivity contribution is -0.136. The van der Waals surface area contributed by atoms with Crippen LogP contribution in [0.15, 0.2) is 30.3 Å². The molecule has 0 unspecified atom stereocenters. The highest BCUT2D eigenvalue weighted by molar-refractivity contribution is 5.68. The molecule has 0 atom stereocenters. The number of hydrogen-bond acceptors (Lipinski definition) is 4. The second kappa shape index (κ2) is 15.8. The topological polar surface area (TPSA) is 80.9 Å². The average Bonchev–Trinajstić information content (AvgIpc) is 3.11. The SMILES string of the molecule is CCCCCCCCCCCCn1nnc(CC(=O)O)n1.Cc1ccccc1. The van der Waals surface area contributed by atoms with Gasteiger partial charge in [0.1, 0.15) is 6.42 Å². The van der Waals surface area contributed by atoms with Crippen molar-refractivity contribution in [1.29, 1.82) is 0 Å². The predicted molar refractivity (Wildman–Crippen MR) is 112 cm³/mol. The van der Waals surface area contributed by atoms with Gasteiger partial charge in [-0.05, 0) is 18.6 Å². The first kappa shape index (κ1) is 23.8. The number of aryl methyl sites for hydroxylation is 2. The predicted octanol–water partition coefficient (Wildman–Crippen LogP) is 5.22. The van der Waals surface area contributed by atoms with Gasteiger partial charge in [-0.3, -0.25) is 4.79 Å². The van der Waals surface area contributed by atoms with Crippen LogP contribution < -0.4 is 0 Å². The lowest BCUT2D eigenvalue weighted by Crippen LogP contribution is -2.05. The Morgan fingerprint density at radius 1 is 0.929 bits per heavy atom. The van der Waals surface area contributed by atoms with E-state index in [-0.39, 0.29) is 12.2 Å². The van der Waals surface area contributed by atoms with E-state index in [4.69, 9.17) is 5.11 Å². The Morgan fingerprint density at radius 2 is 1.50 bits per heavy atom. The number of nitrogens with zero attached hydrogens (tertiary/aromatic N) is 4. The molecule has 156 valence electrons. The molecule has 0 aliphatic rings. The normalized spacial score (nSPS) is 10.4. The van der Waals surface area contributed by atoms with Crippen LogP contribution in [0.4, 0.5) is 0 Å². The number of carboxylic acid groups (broad SMARTS) is 1. The van der Waals surface area contributed by atoms with Crippen molar-refractivity contribution in [2.45, 2.75) is 91.0 Å². The van der Waals surface area contributed by atoms with Crippen molar-refractivity contribution in [3.05, 3.63) is 41.7 Å². The summed E-state index contributed by atoms with van der Waals surface area (Å²) >= 11 is 0. The van der Waals surface area contributed by atoms with Crippen molar-refractivity contribution in [2.75, 3.05) is 0 Å². The summed E-state index contributed by atoms with van der Waals surface area (Å²) in [5, 5.41) is 20.2. The molecule has 0 bridgehead atoms. The van der Waals surface area contributed by atoms with Gasteiger partial charge in [-0.25, -0.2) is 0 Å². The van der Waals surface area contributed by atoms with E-state index in [9.17, 15) is 4.79 Å². The minimum atomic E-state index is -0.923. The Hall–Kier alpha value is -2.24. The van der Waals surface area contributed by atoms with Crippen molar-refractivity contribution in [2.24, 2.45) is 0 Å². The largest absolute Gasteiger partial charge is 0.481 e. The van der Waals surface area contributed by atoms with Crippen molar-refractivity contribution >= 4 is 5.97 Å². The number of carbonyl (C=O) groups is 1. The third kappa shape index (κ3) is 13.0. The summed E-state index contributed by atoms with van der Waals surface area (Å²) in [6, 6.07) is 10.3. The molecular weight excluding hydrogens is 352 g/mol. The van der Waals surface area contributed by atoms with Crippen molar-refractivity contribution < 1.29 is 9.90 Å². The average molecular weight is 389 g/mol. The van der Waals surface area contributed by atoms with E-state index in [1.54, 1.807) is 0 Å². The van der Waals surface area contributed by atoms with Crippen LogP contribution in [0.2, 0.25) is 0 Å². The standard InChI is InChI=1S/C15H28N4O2.C7H8/c1-2-3-4-5-6-7-8-9-10-11-12-19-17-14(16-18-19)13-15(20)21;1-7-5-3-2-4-6-7/h2-13H2,1H3,(H,20,21);2-6H,1H3. The van der Waals surface area contributed by atoms with Crippen LogP contribution in [0, 0.1) is 6.92 Å². The van der Waals surface area contributed by atoms with Crippen molar-refractivity contribution in [1.82, 2.24) is 20.2 Å². The summed E-state index contributed by atoms with van der Waals surface area (Å²) in [5.74, 6) is -0.636. The van der Waals surface area contributed by atoms with Gasteiger partial charge in [0.05, 0.1) is 6.54 Å². The van der Waals surface area contributed by atoms with E-state index in [0.29, 0.717) is 0 Å². The highest BCUT2D eigenvalue weighted by atomic mass is 16.4. The fourth-order valence-corrected chi connectivity index (χ4v) is 2.85. The molecule has 0 saturated heterocycles. The van der Waals surface area contributed by atoms with E-state index >= 15 is 0 Å². The quantitative estimate of drug-likeness (QED) is 0.476. The molecule has 0 amide bonds. The van der Waals surface area contributed by atoms with Gasteiger partial charge < -0.3 is 5.11 Å². The highest BCUT2D eigenvalue weighted by Gasteiger charge is 2.06. The van der Waals surface area contributed by atoms with Gasteiger partial charge in [-0.15, -0.1) is 10.2 Å². The lowest BCUT2D eigenvalue weighted by Gasteiger charge is -2.02. The summed E-state index contributed by atoms with van der Waals surface area (Å²) in [4.78, 5) is 12.0. The molecule has 0 aliphatic carbocycles. The number of rotatable bonds is 13. The highest BCUT2D eigenvalue weighted by Crippen LogP contribution is 2.10. The second-order valence-corrected chi connectivity index (χ2v) is 7.21. The summed E-state index contributed by atoms with van der Waals surface area (Å²) in [7, 11) is 0. The zero-order valence-electron chi connectivity index (χ0n) is 17.5. The summed E-state index contributed by atoms with van der Waals surface area (Å²) < 4.78 is 0. The minimum Gasteiger partial charge on any atom is -0.481 e. The van der Waals surface area contributed by atoms with Crippen LogP contribution in [0.1, 0.15) is 82.5 Å². The molecule has 0 spiro atoms. The monoisotopic (exact) mass is 388 g/mol. The summed E-state index contributed by atoms with van der Waals surface area (Å²) in [6.07, 6.45) is 12.7. The van der Waals surface area contributed by atoms with Crippen LogP contribution in [-0.4, -0.2) is 31.3 Å². The number of tetrazole rings is 1. The van der Waals surface area contributed by atoms with E-state index in [1.807, 2.05) is 18.2 Å². The molecule has 2 aromatic rings. The van der Waals surface area contributed by atoms with Gasteiger partial charge in [0.2, 0.25) is 0 Å². The van der Waals surface area contributed by atoms with E-state index in [2.05, 4.69) is 41.4 Å². The van der Waals surface area contributed by atoms with Gasteiger partial charge in [0, 0.05) is 0 Å². The van der Waals surface area contributed by atoms with Crippen LogP contribution in [0.25, 0.3) is 0 Å². The summed E-state index contributed by atoms with van der Waals surface area (Å²) in [6.45, 7) is 5.05. The number of aromatic nitrogens is 4. The zero-order chi connectivity index (χ0) is 20.5. The molecule has 2 rings (SSSR count). The first-order valence-electron chi connectivity index (χ1n) is 10.6. The molecule has 28 heavy (non-hydrogen) atoms. The van der Waals surface area contributed by atoms with Gasteiger partial charge in [-0.1, -0.05) is 101 Å². The van der Waals surface area contributed by atoms with Crippen molar-refractivity contribution in [3.63, 3.8) is 0 Å². The Bertz CT molecular complexity index is 628. The second-order valence-electron chi connectivity index (χ2n) is 7.21. The smallest absolute Gasteiger partial charge is 0.311 e. The van der Waals surface area contributed by atoms with Crippen LogP contribution in [-0.2, 0) is 17.8 Å². The maximum absolute atomic E-state index is 10.5. The van der Waals surface area contributed by atoms with Gasteiger partial charge in [0.15, 0.2) is 5.82 Å². The van der Waals surface area contributed by atoms with E-state index in [0.717, 1.165) is 13.0 Å². The Labute approximate surface area is 169 Å². The van der Waals surface area contributed by atoms with Gasteiger partial charge in [0.25, 0.3) is 0 Å². The minimum absolute atomic E-state index is 0.155. The number of hydrogen-bond donors (Lipinski definition) is 1. The molecule has 6 heteroatoms. The number of unbranched alkanes of at least 4 members (excludes halogenated alkanes) is 9. The molecule has 1 aromatic carbocycles. The molecule has 1 aromatic heterocycles. The molecule has 1 heterocycles. The van der Waals surface area contributed by atoms with Crippen molar-refractivity contribution in [3.8, 4) is 0 Å². The number of aliphatic carboxylic acids is 1. The van der Waals surface area contributed by atoms with Gasteiger partial charge >= 0.3 is 5.97 Å². The van der Waals surface area contributed by atoms with Crippen LogP contribution in [0.3, 0.4) is 0 Å². The van der Waals surface area contributed by atoms with E-state index in [1.165, 1.54) is 68.1 Å². The first-order chi connectivity index (χ1) is 13.6. The zero-order valence-corrected chi connectivity index (χ0v) is 17.5. The first-order valence-corrected chi connectivity index (χ1v) is 10.6. The Kier molecular flexibility index (Phi) is 13.4. The molecule has 0 saturated carbocycles. The van der Waals surface area contributed by atoms with E-state index < -0.39 is 5.97 Å². The molecule has 0 radical (unpaired) electrons. The van der Waals surface area contributed by atoms with Crippen LogP contribution >= 0.6 is 0 Å². The lowest BCUT2D eigenvalue weighted by atomic mass is 10.1. The Balaban J connectivity index is 0.000000467. The molecule has 6 nitrogen and oxygen atoms in total. The molecular formula is C22H36N4O2. The molecule has 0 fully saturated rings. The summed E-state index contributed by atoms with van der Waals surface area (Å²) in [5.41, 5.74) is 1.32.